The van der Waals surface area contributed by atoms with Crippen molar-refractivity contribution in [3.63, 3.8) is 0 Å². The molecule has 1 aromatic carbocycles. The highest BCUT2D eigenvalue weighted by molar-refractivity contribution is 6.12. The molecule has 3 unspecified atom stereocenters. The van der Waals surface area contributed by atoms with E-state index in [1.165, 1.54) is 36.2 Å². The number of nitrogens with zero attached hydrogens (tertiary/aromatic N) is 4. The number of hydrogen-bond acceptors (Lipinski definition) is 10. The first-order valence-electron chi connectivity index (χ1n) is 23.5. The molecule has 17 nitrogen and oxygen atoms in total. The quantitative estimate of drug-likeness (QED) is 0.0652. The van der Waals surface area contributed by atoms with Crippen LogP contribution in [0.2, 0.25) is 0 Å². The molecule has 2 heterocycles. The maximum Gasteiger partial charge on any atom is 0.326 e. The van der Waals surface area contributed by atoms with Gasteiger partial charge in [-0.1, -0.05) is 104 Å². The van der Waals surface area contributed by atoms with Gasteiger partial charge in [-0.15, -0.1) is 0 Å². The summed E-state index contributed by atoms with van der Waals surface area (Å²) in [5.74, 6) is -5.49. The van der Waals surface area contributed by atoms with Gasteiger partial charge in [0.1, 0.15) is 18.1 Å². The Hall–Kier alpha value is -5.42. The number of imide groups is 1. The summed E-state index contributed by atoms with van der Waals surface area (Å²) >= 11 is 0. The number of hydrogen-bond donors (Lipinski definition) is 3. The number of rotatable bonds is 27. The zero-order chi connectivity index (χ0) is 50.3. The Morgan fingerprint density at radius 2 is 1.48 bits per heavy atom. The summed E-state index contributed by atoms with van der Waals surface area (Å²) in [5.41, 5.74) is 1.51. The number of nitrogens with one attached hydrogen (secondary N) is 2. The molecule has 0 radical (unpaired) electrons. The fourth-order valence-corrected chi connectivity index (χ4v) is 9.21. The van der Waals surface area contributed by atoms with E-state index in [0.29, 0.717) is 32.1 Å². The van der Waals surface area contributed by atoms with Gasteiger partial charge in [0.25, 0.3) is 11.8 Å². The van der Waals surface area contributed by atoms with E-state index >= 15 is 0 Å². The lowest BCUT2D eigenvalue weighted by Gasteiger charge is -2.41. The number of amides is 7. The van der Waals surface area contributed by atoms with Crippen LogP contribution < -0.4 is 10.6 Å². The number of carboxylic acids is 1. The van der Waals surface area contributed by atoms with Crippen molar-refractivity contribution >= 4 is 47.3 Å². The van der Waals surface area contributed by atoms with Gasteiger partial charge in [0.05, 0.1) is 36.6 Å². The van der Waals surface area contributed by atoms with Crippen LogP contribution in [0.1, 0.15) is 99.0 Å². The second kappa shape index (κ2) is 26.2. The Labute approximate surface area is 397 Å². The third kappa shape index (κ3) is 15.0. The molecule has 9 atom stereocenters. The number of benzene rings is 1. The van der Waals surface area contributed by atoms with Crippen molar-refractivity contribution in [2.24, 2.45) is 23.7 Å². The standard InChI is InChI=1S/C50H76N6O11/c1-13-33(7)45(54(10)49(63)43(30(2)3)52-48(62)44(31(4)5)53(9)39(57)22-18-15-19-25-55-40(58)23-24-41(55)59)38(66-11)28-42(60)56-29-32(6)26-37(56)46(67-12)34(8)47(61)51-36(50(64)65)27-35-20-16-14-17-21-35/h14,16-17,20-21,23-24,30-31,33-34,36-38,43-46H,6,13,15,18-19,22,25-29H2,1-5,7-12H3,(H,51,61)(H,52,62)(H,64,65)/t33-,34+,36-,37-,38?,43-,44-,45?,46?/m0/s1. The molecule has 2 aliphatic heterocycles. The zero-order valence-corrected chi connectivity index (χ0v) is 41.5. The molecule has 0 aromatic heterocycles. The number of carbonyl (C=O) groups excluding carboxylic acids is 7. The van der Waals surface area contributed by atoms with E-state index in [1.807, 2.05) is 47.6 Å². The molecule has 3 N–H and O–H groups in total. The van der Waals surface area contributed by atoms with Crippen molar-refractivity contribution in [3.8, 4) is 0 Å². The molecular weight excluding hydrogens is 861 g/mol. The van der Waals surface area contributed by atoms with Crippen LogP contribution in [0.3, 0.4) is 0 Å². The molecule has 0 bridgehead atoms. The number of unbranched alkanes of at least 4 members (excludes halogenated alkanes) is 2. The summed E-state index contributed by atoms with van der Waals surface area (Å²) in [6, 6.07) is 4.73. The van der Waals surface area contributed by atoms with Crippen molar-refractivity contribution in [1.82, 2.24) is 30.2 Å². The predicted molar refractivity (Wildman–Crippen MR) is 253 cm³/mol. The van der Waals surface area contributed by atoms with Gasteiger partial charge in [0.2, 0.25) is 29.5 Å². The average Bonchev–Trinajstić information content (AvgIpc) is 3.83. The number of carbonyl (C=O) groups is 8. The van der Waals surface area contributed by atoms with E-state index < -0.39 is 66.1 Å². The summed E-state index contributed by atoms with van der Waals surface area (Å²) < 4.78 is 11.9. The van der Waals surface area contributed by atoms with Gasteiger partial charge >= 0.3 is 5.97 Å². The smallest absolute Gasteiger partial charge is 0.326 e. The van der Waals surface area contributed by atoms with Crippen LogP contribution in [0.15, 0.2) is 54.6 Å². The minimum atomic E-state index is -1.18. The van der Waals surface area contributed by atoms with E-state index in [-0.39, 0.29) is 79.6 Å². The van der Waals surface area contributed by atoms with Crippen LogP contribution in [0.4, 0.5) is 0 Å². The largest absolute Gasteiger partial charge is 0.480 e. The number of ether oxygens (including phenoxy) is 2. The van der Waals surface area contributed by atoms with Crippen LogP contribution in [-0.4, -0.2) is 156 Å². The number of likely N-dealkylation sites (tertiary alicyclic amines) is 1. The monoisotopic (exact) mass is 937 g/mol. The van der Waals surface area contributed by atoms with Gasteiger partial charge in [-0.2, -0.15) is 0 Å². The summed E-state index contributed by atoms with van der Waals surface area (Å²) in [6.07, 6.45) is 3.62. The van der Waals surface area contributed by atoms with Gasteiger partial charge in [-0.25, -0.2) is 4.79 Å². The molecule has 1 aromatic rings. The predicted octanol–water partition coefficient (Wildman–Crippen LogP) is 3.99. The Balaban J connectivity index is 1.74. The SMILES string of the molecule is C=C1C[C@@H](C(OC)[C@@H](C)C(=O)N[C@@H](Cc2ccccc2)C(=O)O)N(C(=O)CC(OC)C([C@@H](C)CC)N(C)C(=O)[C@@H](NC(=O)[C@H](C(C)C)N(C)C(=O)CCCCCN2C(=O)C=CC2=O)C(C)C)C1. The van der Waals surface area contributed by atoms with Gasteiger partial charge in [-0.3, -0.25) is 38.5 Å². The second-order valence-electron chi connectivity index (χ2n) is 18.8. The van der Waals surface area contributed by atoms with Gasteiger partial charge in [0, 0.05) is 66.4 Å². The molecule has 0 saturated carbocycles. The average molecular weight is 937 g/mol. The van der Waals surface area contributed by atoms with Crippen molar-refractivity contribution in [3.05, 3.63) is 60.2 Å². The molecule has 0 aliphatic carbocycles. The van der Waals surface area contributed by atoms with Gasteiger partial charge < -0.3 is 39.9 Å². The molecule has 3 rings (SSSR count). The summed E-state index contributed by atoms with van der Waals surface area (Å²) in [4.78, 5) is 112. The number of likely N-dealkylation sites (N-methyl/N-ethyl adjacent to an activating group) is 2. The Bertz CT molecular complexity index is 1920. The van der Waals surface area contributed by atoms with Crippen LogP contribution in [-0.2, 0) is 54.3 Å². The van der Waals surface area contributed by atoms with Crippen molar-refractivity contribution in [2.75, 3.05) is 41.4 Å². The van der Waals surface area contributed by atoms with E-state index in [2.05, 4.69) is 17.2 Å². The fraction of sp³-hybridized carbons (Fsp3) is 0.640. The molecule has 2 aliphatic rings. The number of aliphatic carboxylic acids is 1. The lowest BCUT2D eigenvalue weighted by atomic mass is 9.89. The summed E-state index contributed by atoms with van der Waals surface area (Å²) in [6.45, 7) is 17.5. The molecule has 17 heteroatoms. The highest BCUT2D eigenvalue weighted by Crippen LogP contribution is 2.31. The fourth-order valence-electron chi connectivity index (χ4n) is 9.21. The molecular formula is C50H76N6O11. The highest BCUT2D eigenvalue weighted by Gasteiger charge is 2.44. The molecule has 1 saturated heterocycles. The van der Waals surface area contributed by atoms with Crippen LogP contribution >= 0.6 is 0 Å². The molecule has 67 heavy (non-hydrogen) atoms. The first-order valence-corrected chi connectivity index (χ1v) is 23.5. The Morgan fingerprint density at radius 1 is 0.851 bits per heavy atom. The Morgan fingerprint density at radius 3 is 2.01 bits per heavy atom. The lowest BCUT2D eigenvalue weighted by molar-refractivity contribution is -0.149. The van der Waals surface area contributed by atoms with Crippen LogP contribution in [0.5, 0.6) is 0 Å². The maximum absolute atomic E-state index is 14.6. The van der Waals surface area contributed by atoms with Gasteiger partial charge in [0.15, 0.2) is 0 Å². The van der Waals surface area contributed by atoms with E-state index in [9.17, 15) is 43.5 Å². The first kappa shape index (κ1) is 55.9. The van der Waals surface area contributed by atoms with Crippen LogP contribution in [0, 0.1) is 23.7 Å². The minimum absolute atomic E-state index is 0.0856. The lowest BCUT2D eigenvalue weighted by Crippen LogP contribution is -2.60. The third-order valence-electron chi connectivity index (χ3n) is 13.3. The van der Waals surface area contributed by atoms with Gasteiger partial charge in [-0.05, 0) is 42.6 Å². The van der Waals surface area contributed by atoms with Crippen molar-refractivity contribution in [1.29, 1.82) is 0 Å². The third-order valence-corrected chi connectivity index (χ3v) is 13.3. The molecule has 1 fully saturated rings. The summed E-state index contributed by atoms with van der Waals surface area (Å²) in [5, 5.41) is 15.6. The topological polar surface area (TPSA) is 212 Å². The normalized spacial score (nSPS) is 18.6. The molecule has 372 valence electrons. The number of carboxylic acid groups (broad SMARTS) is 1. The second-order valence-corrected chi connectivity index (χ2v) is 18.8. The maximum atomic E-state index is 14.6. The van der Waals surface area contributed by atoms with E-state index in [1.54, 1.807) is 55.1 Å². The van der Waals surface area contributed by atoms with Crippen molar-refractivity contribution < 1.29 is 52.9 Å². The molecule has 0 spiro atoms. The van der Waals surface area contributed by atoms with E-state index in [4.69, 9.17) is 9.47 Å². The zero-order valence-electron chi connectivity index (χ0n) is 41.5. The Kier molecular flexibility index (Phi) is 21.9. The number of methoxy groups -OCH3 is 2. The van der Waals surface area contributed by atoms with E-state index in [0.717, 1.165) is 11.1 Å². The van der Waals surface area contributed by atoms with Crippen LogP contribution in [0.25, 0.3) is 0 Å². The summed E-state index contributed by atoms with van der Waals surface area (Å²) in [7, 11) is 6.15. The minimum Gasteiger partial charge on any atom is -0.480 e. The highest BCUT2D eigenvalue weighted by atomic mass is 16.5. The first-order chi connectivity index (χ1) is 31.6. The molecule has 7 amide bonds. The van der Waals surface area contributed by atoms with Crippen molar-refractivity contribution in [2.45, 2.75) is 142 Å².